The highest BCUT2D eigenvalue weighted by molar-refractivity contribution is 7.83. The van der Waals surface area contributed by atoms with E-state index in [0.29, 0.717) is 11.8 Å². The molecular weight excluding hydrogens is 190 g/mol. The van der Waals surface area contributed by atoms with Crippen LogP contribution < -0.4 is 0 Å². The van der Waals surface area contributed by atoms with Crippen LogP contribution in [0.1, 0.15) is 12.8 Å². The second-order valence-electron chi connectivity index (χ2n) is 3.84. The lowest BCUT2D eigenvalue weighted by Crippen LogP contribution is -2.39. The van der Waals surface area contributed by atoms with Crippen molar-refractivity contribution >= 4 is 10.3 Å². The fourth-order valence-corrected chi connectivity index (χ4v) is 2.93. The minimum Gasteiger partial charge on any atom is -0.273 e. The lowest BCUT2D eigenvalue weighted by atomic mass is 10.0. The van der Waals surface area contributed by atoms with Gasteiger partial charge in [-0.3, -0.25) is 4.55 Å². The molecule has 2 aliphatic rings. The Morgan fingerprint density at radius 1 is 1.38 bits per heavy atom. The first kappa shape index (κ1) is 9.18. The van der Waals surface area contributed by atoms with Crippen molar-refractivity contribution in [1.82, 2.24) is 4.31 Å². The van der Waals surface area contributed by atoms with E-state index in [9.17, 15) is 8.42 Å². The molecule has 13 heavy (non-hydrogen) atoms. The third-order valence-electron chi connectivity index (χ3n) is 3.07. The van der Waals surface area contributed by atoms with Crippen molar-refractivity contribution in [3.8, 4) is 0 Å². The van der Waals surface area contributed by atoms with Crippen molar-refractivity contribution in [2.75, 3.05) is 7.05 Å². The van der Waals surface area contributed by atoms with Crippen molar-refractivity contribution < 1.29 is 13.0 Å². The molecule has 3 unspecified atom stereocenters. The van der Waals surface area contributed by atoms with Gasteiger partial charge in [0, 0.05) is 13.1 Å². The maximum atomic E-state index is 10.9. The smallest absolute Gasteiger partial charge is 0.273 e. The van der Waals surface area contributed by atoms with Crippen LogP contribution in [0.3, 0.4) is 0 Å². The summed E-state index contributed by atoms with van der Waals surface area (Å²) in [5, 5.41) is 0. The number of hydrogen-bond donors (Lipinski definition) is 1. The van der Waals surface area contributed by atoms with Crippen LogP contribution in [0.5, 0.6) is 0 Å². The molecule has 0 spiro atoms. The summed E-state index contributed by atoms with van der Waals surface area (Å²) in [4.78, 5) is 0. The molecule has 74 valence electrons. The van der Waals surface area contributed by atoms with E-state index in [-0.39, 0.29) is 6.04 Å². The molecule has 3 atom stereocenters. The SMILES string of the molecule is CN(C1CC2C=CC1C2)S(=O)(=O)O. The van der Waals surface area contributed by atoms with Gasteiger partial charge < -0.3 is 0 Å². The molecule has 2 rings (SSSR count). The van der Waals surface area contributed by atoms with Gasteiger partial charge in [-0.2, -0.15) is 12.7 Å². The molecule has 2 aliphatic carbocycles. The van der Waals surface area contributed by atoms with Crippen LogP contribution in [0.2, 0.25) is 0 Å². The van der Waals surface area contributed by atoms with E-state index < -0.39 is 10.3 Å². The first-order valence-corrected chi connectivity index (χ1v) is 5.77. The molecule has 0 amide bonds. The predicted octanol–water partition coefficient (Wildman–Crippen LogP) is 0.686. The van der Waals surface area contributed by atoms with Gasteiger partial charge in [0.25, 0.3) is 0 Å². The Balaban J connectivity index is 2.16. The number of hydrogen-bond acceptors (Lipinski definition) is 2. The van der Waals surface area contributed by atoms with Crippen LogP contribution in [-0.4, -0.2) is 30.4 Å². The van der Waals surface area contributed by atoms with Gasteiger partial charge in [-0.1, -0.05) is 12.2 Å². The second kappa shape index (κ2) is 2.80. The Labute approximate surface area is 78.1 Å². The highest BCUT2D eigenvalue weighted by atomic mass is 32.2. The van der Waals surface area contributed by atoms with Crippen LogP contribution in [0.15, 0.2) is 12.2 Å². The number of nitrogens with zero attached hydrogens (tertiary/aromatic N) is 1. The minimum atomic E-state index is -4.01. The molecule has 1 fully saturated rings. The Kier molecular flexibility index (Phi) is 1.98. The third kappa shape index (κ3) is 1.51. The van der Waals surface area contributed by atoms with E-state index in [1.54, 1.807) is 0 Å². The summed E-state index contributed by atoms with van der Waals surface area (Å²) in [6.07, 6.45) is 6.07. The lowest BCUT2D eigenvalue weighted by molar-refractivity contribution is 0.293. The van der Waals surface area contributed by atoms with Gasteiger partial charge in [0.15, 0.2) is 0 Å². The maximum Gasteiger partial charge on any atom is 0.335 e. The Hall–Kier alpha value is -0.390. The zero-order valence-corrected chi connectivity index (χ0v) is 8.24. The summed E-state index contributed by atoms with van der Waals surface area (Å²) in [6.45, 7) is 0. The van der Waals surface area contributed by atoms with E-state index in [2.05, 4.69) is 12.2 Å². The molecule has 1 N–H and O–H groups in total. The molecule has 5 heteroatoms. The van der Waals surface area contributed by atoms with Crippen molar-refractivity contribution in [2.45, 2.75) is 18.9 Å². The second-order valence-corrected chi connectivity index (χ2v) is 5.31. The number of allylic oxidation sites excluding steroid dienone is 1. The Morgan fingerprint density at radius 3 is 2.46 bits per heavy atom. The Morgan fingerprint density at radius 2 is 2.08 bits per heavy atom. The van der Waals surface area contributed by atoms with E-state index >= 15 is 0 Å². The molecule has 0 aromatic rings. The summed E-state index contributed by atoms with van der Waals surface area (Å²) in [6, 6.07) is -0.0370. The number of rotatable bonds is 2. The van der Waals surface area contributed by atoms with Crippen LogP contribution in [0.25, 0.3) is 0 Å². The first-order valence-electron chi connectivity index (χ1n) is 4.37. The van der Waals surface area contributed by atoms with Crippen LogP contribution >= 0.6 is 0 Å². The van der Waals surface area contributed by atoms with Crippen molar-refractivity contribution in [1.29, 1.82) is 0 Å². The largest absolute Gasteiger partial charge is 0.335 e. The maximum absolute atomic E-state index is 10.9. The molecule has 4 nitrogen and oxygen atoms in total. The van der Waals surface area contributed by atoms with Crippen molar-refractivity contribution in [3.63, 3.8) is 0 Å². The van der Waals surface area contributed by atoms with Crippen LogP contribution in [-0.2, 0) is 10.3 Å². The van der Waals surface area contributed by atoms with Gasteiger partial charge in [-0.15, -0.1) is 0 Å². The molecule has 0 saturated heterocycles. The van der Waals surface area contributed by atoms with Gasteiger partial charge in [0.05, 0.1) is 0 Å². The summed E-state index contributed by atoms with van der Waals surface area (Å²) < 4.78 is 31.6. The van der Waals surface area contributed by atoms with E-state index in [1.165, 1.54) is 7.05 Å². The lowest BCUT2D eigenvalue weighted by Gasteiger charge is -2.25. The van der Waals surface area contributed by atoms with Gasteiger partial charge in [-0.25, -0.2) is 0 Å². The standard InChI is InChI=1S/C8H13NO3S/c1-9(13(10,11)12)8-5-6-2-3-7(8)4-6/h2-3,6-8H,4-5H2,1H3,(H,10,11,12). The Bertz CT molecular complexity index is 335. The zero-order chi connectivity index (χ0) is 9.64. The first-order chi connectivity index (χ1) is 5.98. The zero-order valence-electron chi connectivity index (χ0n) is 7.42. The average molecular weight is 203 g/mol. The summed E-state index contributed by atoms with van der Waals surface area (Å²) in [5.41, 5.74) is 0. The van der Waals surface area contributed by atoms with Gasteiger partial charge in [-0.05, 0) is 24.7 Å². The van der Waals surface area contributed by atoms with Gasteiger partial charge in [0.1, 0.15) is 0 Å². The van der Waals surface area contributed by atoms with Crippen molar-refractivity contribution in [2.24, 2.45) is 11.8 Å². The molecule has 2 bridgehead atoms. The van der Waals surface area contributed by atoms with E-state index in [1.807, 2.05) is 0 Å². The summed E-state index contributed by atoms with van der Waals surface area (Å²) in [7, 11) is -2.57. The van der Waals surface area contributed by atoms with Crippen LogP contribution in [0, 0.1) is 11.8 Å². The quantitative estimate of drug-likeness (QED) is 0.530. The fourth-order valence-electron chi connectivity index (χ4n) is 2.34. The molecule has 1 saturated carbocycles. The molecule has 0 radical (unpaired) electrons. The highest BCUT2D eigenvalue weighted by Crippen LogP contribution is 2.41. The summed E-state index contributed by atoms with van der Waals surface area (Å²) >= 11 is 0. The van der Waals surface area contributed by atoms with Gasteiger partial charge in [0.2, 0.25) is 0 Å². The fraction of sp³-hybridized carbons (Fsp3) is 0.750. The minimum absolute atomic E-state index is 0.0370. The van der Waals surface area contributed by atoms with E-state index in [4.69, 9.17) is 4.55 Å². The third-order valence-corrected chi connectivity index (χ3v) is 4.07. The van der Waals surface area contributed by atoms with Crippen LogP contribution in [0.4, 0.5) is 0 Å². The molecule has 0 aliphatic heterocycles. The van der Waals surface area contributed by atoms with Gasteiger partial charge >= 0.3 is 10.3 Å². The topological polar surface area (TPSA) is 57.6 Å². The molecule has 0 heterocycles. The number of fused-ring (bicyclic) bond motifs is 2. The van der Waals surface area contributed by atoms with E-state index in [0.717, 1.165) is 17.1 Å². The molecule has 0 aromatic carbocycles. The van der Waals surface area contributed by atoms with Crippen molar-refractivity contribution in [3.05, 3.63) is 12.2 Å². The average Bonchev–Trinajstić information content (AvgIpc) is 2.60. The predicted molar refractivity (Wildman–Crippen MR) is 48.5 cm³/mol. The summed E-state index contributed by atoms with van der Waals surface area (Å²) in [5.74, 6) is 0.816. The highest BCUT2D eigenvalue weighted by Gasteiger charge is 2.40. The monoisotopic (exact) mass is 203 g/mol. The normalized spacial score (nSPS) is 37.6. The molecule has 0 aromatic heterocycles. The molecular formula is C8H13NO3S.